The fraction of sp³-hybridized carbons (Fsp3) is 0.429. The number of aromatic amines is 1. The summed E-state index contributed by atoms with van der Waals surface area (Å²) in [4.78, 5) is 19.1. The van der Waals surface area contributed by atoms with Gasteiger partial charge in [-0.25, -0.2) is 4.98 Å². The van der Waals surface area contributed by atoms with E-state index in [9.17, 15) is 9.90 Å². The van der Waals surface area contributed by atoms with Gasteiger partial charge in [-0.05, 0) is 31.0 Å². The molecule has 0 spiro atoms. The van der Waals surface area contributed by atoms with Crippen molar-refractivity contribution in [1.29, 1.82) is 0 Å². The Morgan fingerprint density at radius 1 is 1.40 bits per heavy atom. The minimum absolute atomic E-state index is 0.0243. The highest BCUT2D eigenvalue weighted by Gasteiger charge is 2.25. The van der Waals surface area contributed by atoms with Gasteiger partial charge in [-0.2, -0.15) is 0 Å². The van der Waals surface area contributed by atoms with Crippen LogP contribution in [0.2, 0.25) is 0 Å². The summed E-state index contributed by atoms with van der Waals surface area (Å²) in [5, 5.41) is 13.2. The van der Waals surface area contributed by atoms with Gasteiger partial charge in [0.05, 0.1) is 23.0 Å². The van der Waals surface area contributed by atoms with Gasteiger partial charge in [0.25, 0.3) is 5.56 Å². The highest BCUT2D eigenvalue weighted by atomic mass is 16.3. The molecule has 6 nitrogen and oxygen atoms in total. The monoisotopic (exact) mass is 276 g/mol. The molecule has 0 amide bonds. The lowest BCUT2D eigenvalue weighted by Gasteiger charge is -2.30. The fourth-order valence-corrected chi connectivity index (χ4v) is 2.16. The summed E-state index contributed by atoms with van der Waals surface area (Å²) >= 11 is 0. The van der Waals surface area contributed by atoms with Crippen molar-refractivity contribution in [2.75, 3.05) is 17.7 Å². The first-order valence-electron chi connectivity index (χ1n) is 6.72. The molecule has 0 radical (unpaired) electrons. The third kappa shape index (κ3) is 2.60. The average Bonchev–Trinajstić information content (AvgIpc) is 2.46. The number of nitrogens with two attached hydrogens (primary N) is 1. The van der Waals surface area contributed by atoms with Gasteiger partial charge in [0.15, 0.2) is 0 Å². The average molecular weight is 276 g/mol. The number of rotatable bonds is 5. The molecule has 6 heteroatoms. The standard InChI is InChI=1S/C14H20N4O2/c1-3-14(4-2,8-19)18-13-16-11-6-5-9(15)7-10(11)12(20)17-13/h5-7,19H,3-4,8,15H2,1-2H3,(H2,16,17,18,20). The quantitative estimate of drug-likeness (QED) is 0.619. The molecule has 0 atom stereocenters. The van der Waals surface area contributed by atoms with Crippen LogP contribution in [0, 0.1) is 0 Å². The van der Waals surface area contributed by atoms with Gasteiger partial charge < -0.3 is 16.2 Å². The lowest BCUT2D eigenvalue weighted by molar-refractivity contribution is 0.201. The van der Waals surface area contributed by atoms with Crippen LogP contribution in [0.15, 0.2) is 23.0 Å². The van der Waals surface area contributed by atoms with Crippen LogP contribution in [0.4, 0.5) is 11.6 Å². The molecule has 2 aromatic rings. The Bertz CT molecular complexity index is 653. The van der Waals surface area contributed by atoms with Crippen LogP contribution < -0.4 is 16.6 Å². The Balaban J connectivity index is 2.46. The molecule has 0 aliphatic rings. The van der Waals surface area contributed by atoms with Gasteiger partial charge in [-0.3, -0.25) is 9.78 Å². The van der Waals surface area contributed by atoms with Crippen LogP contribution >= 0.6 is 0 Å². The number of nitrogens with one attached hydrogen (secondary N) is 2. The molecule has 0 saturated heterocycles. The van der Waals surface area contributed by atoms with E-state index in [0.717, 1.165) is 12.8 Å². The minimum Gasteiger partial charge on any atom is -0.399 e. The molecule has 5 N–H and O–H groups in total. The zero-order valence-corrected chi connectivity index (χ0v) is 11.7. The summed E-state index contributed by atoms with van der Waals surface area (Å²) in [6, 6.07) is 5.02. The molecule has 2 rings (SSSR count). The largest absolute Gasteiger partial charge is 0.399 e. The maximum atomic E-state index is 12.0. The maximum Gasteiger partial charge on any atom is 0.260 e. The van der Waals surface area contributed by atoms with Crippen molar-refractivity contribution in [1.82, 2.24) is 9.97 Å². The number of fused-ring (bicyclic) bond motifs is 1. The van der Waals surface area contributed by atoms with Crippen LogP contribution in [0.25, 0.3) is 10.9 Å². The van der Waals surface area contributed by atoms with E-state index in [2.05, 4.69) is 15.3 Å². The first-order chi connectivity index (χ1) is 9.53. The number of hydrogen-bond donors (Lipinski definition) is 4. The third-order valence-corrected chi connectivity index (χ3v) is 3.77. The molecule has 0 saturated carbocycles. The normalized spacial score (nSPS) is 11.8. The smallest absolute Gasteiger partial charge is 0.260 e. The number of hydrogen-bond acceptors (Lipinski definition) is 5. The number of nitrogens with zero attached hydrogens (tertiary/aromatic N) is 1. The summed E-state index contributed by atoms with van der Waals surface area (Å²) in [6.07, 6.45) is 1.45. The second-order valence-corrected chi connectivity index (χ2v) is 4.96. The Hall–Kier alpha value is -2.08. The third-order valence-electron chi connectivity index (χ3n) is 3.77. The zero-order chi connectivity index (χ0) is 14.8. The Morgan fingerprint density at radius 3 is 2.70 bits per heavy atom. The van der Waals surface area contributed by atoms with E-state index < -0.39 is 5.54 Å². The summed E-state index contributed by atoms with van der Waals surface area (Å²) < 4.78 is 0. The summed E-state index contributed by atoms with van der Waals surface area (Å²) in [6.45, 7) is 3.93. The second kappa shape index (κ2) is 5.50. The van der Waals surface area contributed by atoms with E-state index in [1.165, 1.54) is 0 Å². The van der Waals surface area contributed by atoms with Gasteiger partial charge in [0.2, 0.25) is 5.95 Å². The fourth-order valence-electron chi connectivity index (χ4n) is 2.16. The summed E-state index contributed by atoms with van der Waals surface area (Å²) in [7, 11) is 0. The molecule has 1 aromatic carbocycles. The molecule has 1 heterocycles. The molecule has 0 aliphatic heterocycles. The van der Waals surface area contributed by atoms with Gasteiger partial charge in [0, 0.05) is 5.69 Å². The van der Waals surface area contributed by atoms with Crippen molar-refractivity contribution in [3.05, 3.63) is 28.6 Å². The topological polar surface area (TPSA) is 104 Å². The van der Waals surface area contributed by atoms with Crippen molar-refractivity contribution in [3.63, 3.8) is 0 Å². The van der Waals surface area contributed by atoms with Gasteiger partial charge in [-0.15, -0.1) is 0 Å². The number of benzene rings is 1. The van der Waals surface area contributed by atoms with Gasteiger partial charge in [0.1, 0.15) is 0 Å². The number of aliphatic hydroxyl groups excluding tert-OH is 1. The highest BCUT2D eigenvalue weighted by molar-refractivity contribution is 5.81. The van der Waals surface area contributed by atoms with Crippen LogP contribution in [-0.2, 0) is 0 Å². The zero-order valence-electron chi connectivity index (χ0n) is 11.7. The predicted molar refractivity (Wildman–Crippen MR) is 80.8 cm³/mol. The van der Waals surface area contributed by atoms with Crippen LogP contribution in [-0.4, -0.2) is 27.2 Å². The van der Waals surface area contributed by atoms with Crippen molar-refractivity contribution in [2.24, 2.45) is 0 Å². The Labute approximate surface area is 117 Å². The van der Waals surface area contributed by atoms with Gasteiger partial charge in [-0.1, -0.05) is 13.8 Å². The van der Waals surface area contributed by atoms with Crippen LogP contribution in [0.5, 0.6) is 0 Å². The van der Waals surface area contributed by atoms with Crippen molar-refractivity contribution in [2.45, 2.75) is 32.2 Å². The molecule has 0 aliphatic carbocycles. The lowest BCUT2D eigenvalue weighted by Crippen LogP contribution is -2.41. The van der Waals surface area contributed by atoms with Crippen LogP contribution in [0.1, 0.15) is 26.7 Å². The predicted octanol–water partition coefficient (Wildman–Crippen LogP) is 1.47. The van der Waals surface area contributed by atoms with Gasteiger partial charge >= 0.3 is 0 Å². The molecule has 0 unspecified atom stereocenters. The molecule has 0 bridgehead atoms. The van der Waals surface area contributed by atoms with Crippen molar-refractivity contribution in [3.8, 4) is 0 Å². The van der Waals surface area contributed by atoms with Crippen molar-refractivity contribution >= 4 is 22.5 Å². The molecule has 1 aromatic heterocycles. The maximum absolute atomic E-state index is 12.0. The molecule has 0 fully saturated rings. The van der Waals surface area contributed by atoms with E-state index in [4.69, 9.17) is 5.73 Å². The number of aliphatic hydroxyl groups is 1. The Kier molecular flexibility index (Phi) is 3.94. The molecule has 108 valence electrons. The molecule has 20 heavy (non-hydrogen) atoms. The van der Waals surface area contributed by atoms with E-state index in [1.807, 2.05) is 13.8 Å². The first kappa shape index (κ1) is 14.3. The van der Waals surface area contributed by atoms with E-state index >= 15 is 0 Å². The van der Waals surface area contributed by atoms with E-state index in [0.29, 0.717) is 22.5 Å². The molecular formula is C14H20N4O2. The number of aromatic nitrogens is 2. The number of anilines is 2. The SMILES string of the molecule is CCC(CC)(CO)Nc1nc2ccc(N)cc2c(=O)[nH]1. The van der Waals surface area contributed by atoms with E-state index in [1.54, 1.807) is 18.2 Å². The summed E-state index contributed by atoms with van der Waals surface area (Å²) in [5.74, 6) is 0.366. The molecular weight excluding hydrogens is 256 g/mol. The van der Waals surface area contributed by atoms with Crippen molar-refractivity contribution < 1.29 is 5.11 Å². The number of nitrogen functional groups attached to an aromatic ring is 1. The highest BCUT2D eigenvalue weighted by Crippen LogP contribution is 2.20. The minimum atomic E-state index is -0.475. The summed E-state index contributed by atoms with van der Waals surface area (Å²) in [5.41, 5.74) is 6.05. The van der Waals surface area contributed by atoms with E-state index in [-0.39, 0.29) is 12.2 Å². The Morgan fingerprint density at radius 2 is 2.10 bits per heavy atom. The first-order valence-corrected chi connectivity index (χ1v) is 6.72. The number of H-pyrrole nitrogens is 1. The van der Waals surface area contributed by atoms with Crippen LogP contribution in [0.3, 0.4) is 0 Å². The second-order valence-electron chi connectivity index (χ2n) is 4.96. The lowest BCUT2D eigenvalue weighted by atomic mass is 9.94.